The lowest BCUT2D eigenvalue weighted by molar-refractivity contribution is 0.820. The topological polar surface area (TPSA) is 24.1 Å². The van der Waals surface area contributed by atoms with Gasteiger partial charge in [-0.3, -0.25) is 0 Å². The second-order valence-electron chi connectivity index (χ2n) is 3.78. The molecular weight excluding hydrogens is 284 g/mol. The Bertz CT molecular complexity index is 496. The average molecular weight is 295 g/mol. The Labute approximate surface area is 107 Å². The fourth-order valence-corrected chi connectivity index (χ4v) is 3.04. The van der Waals surface area contributed by atoms with Gasteiger partial charge in [0.1, 0.15) is 0 Å². The van der Waals surface area contributed by atoms with E-state index in [1.54, 1.807) is 11.3 Å². The van der Waals surface area contributed by atoms with Crippen LogP contribution < -0.4 is 10.6 Å². The van der Waals surface area contributed by atoms with Crippen LogP contribution in [0.1, 0.15) is 10.9 Å². The van der Waals surface area contributed by atoms with Crippen molar-refractivity contribution in [3.63, 3.8) is 0 Å². The molecule has 4 heteroatoms. The van der Waals surface area contributed by atoms with E-state index in [2.05, 4.69) is 62.3 Å². The van der Waals surface area contributed by atoms with Gasteiger partial charge in [-0.2, -0.15) is 0 Å². The number of halogens is 1. The zero-order chi connectivity index (χ0) is 11.0. The Morgan fingerprint density at radius 2 is 2.19 bits per heavy atom. The van der Waals surface area contributed by atoms with Crippen molar-refractivity contribution in [3.8, 4) is 0 Å². The maximum Gasteiger partial charge on any atom is 0.0779 e. The van der Waals surface area contributed by atoms with Gasteiger partial charge in [0.2, 0.25) is 0 Å². The van der Waals surface area contributed by atoms with Crippen LogP contribution >= 0.6 is 27.3 Å². The molecule has 1 aliphatic heterocycles. The lowest BCUT2D eigenvalue weighted by atomic mass is 10.1. The minimum Gasteiger partial charge on any atom is -0.381 e. The summed E-state index contributed by atoms with van der Waals surface area (Å²) in [5, 5.41) is 9.13. The van der Waals surface area contributed by atoms with Crippen LogP contribution in [0.5, 0.6) is 0 Å². The predicted molar refractivity (Wildman–Crippen MR) is 73.3 cm³/mol. The van der Waals surface area contributed by atoms with Gasteiger partial charge in [0.05, 0.1) is 17.4 Å². The Hall–Kier alpha value is -1.00. The van der Waals surface area contributed by atoms with Gasteiger partial charge < -0.3 is 10.6 Å². The van der Waals surface area contributed by atoms with Crippen molar-refractivity contribution in [1.82, 2.24) is 0 Å². The van der Waals surface area contributed by atoms with Gasteiger partial charge >= 0.3 is 0 Å². The molecule has 0 amide bonds. The second-order valence-corrected chi connectivity index (χ2v) is 5.68. The second kappa shape index (κ2) is 4.11. The average Bonchev–Trinajstić information content (AvgIpc) is 2.82. The molecule has 0 saturated carbocycles. The molecule has 0 saturated heterocycles. The molecule has 0 radical (unpaired) electrons. The van der Waals surface area contributed by atoms with Gasteiger partial charge in [-0.25, -0.2) is 0 Å². The number of rotatable bonds is 1. The Balaban J connectivity index is 1.89. The van der Waals surface area contributed by atoms with Gasteiger partial charge in [-0.15, -0.1) is 11.3 Å². The molecule has 1 atom stereocenters. The Kier molecular flexibility index (Phi) is 2.61. The molecule has 3 rings (SSSR count). The van der Waals surface area contributed by atoms with Crippen molar-refractivity contribution in [2.24, 2.45) is 0 Å². The maximum absolute atomic E-state index is 3.55. The van der Waals surface area contributed by atoms with Crippen molar-refractivity contribution < 1.29 is 0 Å². The minimum absolute atomic E-state index is 0.383. The van der Waals surface area contributed by atoms with Crippen molar-refractivity contribution in [3.05, 3.63) is 45.1 Å². The summed E-state index contributed by atoms with van der Waals surface area (Å²) in [6, 6.07) is 10.9. The molecule has 2 N–H and O–H groups in total. The molecular formula is C12H11BrN2S. The van der Waals surface area contributed by atoms with Crippen LogP contribution in [0, 0.1) is 0 Å². The van der Waals surface area contributed by atoms with Gasteiger partial charge in [0.25, 0.3) is 0 Å². The number of fused-ring (bicyclic) bond motifs is 1. The van der Waals surface area contributed by atoms with Crippen molar-refractivity contribution in [1.29, 1.82) is 0 Å². The molecule has 0 bridgehead atoms. The van der Waals surface area contributed by atoms with E-state index in [1.807, 2.05) is 0 Å². The van der Waals surface area contributed by atoms with Crippen LogP contribution in [0.4, 0.5) is 11.4 Å². The number of thiophene rings is 1. The van der Waals surface area contributed by atoms with Crippen LogP contribution in [0.25, 0.3) is 0 Å². The lowest BCUT2D eigenvalue weighted by Gasteiger charge is -2.27. The SMILES string of the molecule is Brc1ccc2c(c1)NCC(c1cccs1)N2. The number of nitrogens with one attached hydrogen (secondary N) is 2. The first-order valence-corrected chi connectivity index (χ1v) is 6.83. The largest absolute Gasteiger partial charge is 0.381 e. The lowest BCUT2D eigenvalue weighted by Crippen LogP contribution is -2.24. The third kappa shape index (κ3) is 1.83. The van der Waals surface area contributed by atoms with Crippen LogP contribution in [0.15, 0.2) is 40.2 Å². The smallest absolute Gasteiger partial charge is 0.0779 e. The Morgan fingerprint density at radius 1 is 1.25 bits per heavy atom. The third-order valence-electron chi connectivity index (χ3n) is 2.69. The number of benzene rings is 1. The molecule has 0 spiro atoms. The molecule has 82 valence electrons. The van der Waals surface area contributed by atoms with Crippen LogP contribution in [-0.4, -0.2) is 6.54 Å². The molecule has 1 unspecified atom stereocenters. The quantitative estimate of drug-likeness (QED) is 0.828. The van der Waals surface area contributed by atoms with E-state index < -0.39 is 0 Å². The summed E-state index contributed by atoms with van der Waals surface area (Å²) in [4.78, 5) is 1.38. The molecule has 1 aliphatic rings. The molecule has 2 nitrogen and oxygen atoms in total. The first-order chi connectivity index (χ1) is 7.83. The van der Waals surface area contributed by atoms with E-state index in [9.17, 15) is 0 Å². The monoisotopic (exact) mass is 294 g/mol. The summed E-state index contributed by atoms with van der Waals surface area (Å²) >= 11 is 5.27. The summed E-state index contributed by atoms with van der Waals surface area (Å²) in [7, 11) is 0. The number of hydrogen-bond acceptors (Lipinski definition) is 3. The van der Waals surface area contributed by atoms with Crippen LogP contribution in [-0.2, 0) is 0 Å². The first kappa shape index (κ1) is 10.2. The third-order valence-corrected chi connectivity index (χ3v) is 4.17. The van der Waals surface area contributed by atoms with Gasteiger partial charge in [-0.05, 0) is 29.6 Å². The van der Waals surface area contributed by atoms with E-state index in [4.69, 9.17) is 0 Å². The highest BCUT2D eigenvalue weighted by Gasteiger charge is 2.19. The molecule has 16 heavy (non-hydrogen) atoms. The van der Waals surface area contributed by atoms with Crippen LogP contribution in [0.3, 0.4) is 0 Å². The minimum atomic E-state index is 0.383. The van der Waals surface area contributed by atoms with Crippen molar-refractivity contribution in [2.75, 3.05) is 17.2 Å². The van der Waals surface area contributed by atoms with E-state index in [0.717, 1.165) is 11.0 Å². The normalized spacial score (nSPS) is 18.4. The van der Waals surface area contributed by atoms with Crippen LogP contribution in [0.2, 0.25) is 0 Å². The van der Waals surface area contributed by atoms with E-state index in [1.165, 1.54) is 16.3 Å². The summed E-state index contributed by atoms with van der Waals surface area (Å²) in [6.45, 7) is 0.934. The molecule has 2 aromatic rings. The highest BCUT2D eigenvalue weighted by molar-refractivity contribution is 9.10. The molecule has 0 aliphatic carbocycles. The molecule has 0 fully saturated rings. The van der Waals surface area contributed by atoms with E-state index in [0.29, 0.717) is 6.04 Å². The highest BCUT2D eigenvalue weighted by Crippen LogP contribution is 2.34. The molecule has 2 heterocycles. The summed E-state index contributed by atoms with van der Waals surface area (Å²) in [5.41, 5.74) is 2.34. The summed E-state index contributed by atoms with van der Waals surface area (Å²) < 4.78 is 1.11. The summed E-state index contributed by atoms with van der Waals surface area (Å²) in [5.74, 6) is 0. The number of hydrogen-bond donors (Lipinski definition) is 2. The highest BCUT2D eigenvalue weighted by atomic mass is 79.9. The first-order valence-electron chi connectivity index (χ1n) is 5.16. The van der Waals surface area contributed by atoms with E-state index in [-0.39, 0.29) is 0 Å². The van der Waals surface area contributed by atoms with Gasteiger partial charge in [0, 0.05) is 15.9 Å². The zero-order valence-corrected chi connectivity index (χ0v) is 10.9. The summed E-state index contributed by atoms with van der Waals surface area (Å²) in [6.07, 6.45) is 0. The number of anilines is 2. The van der Waals surface area contributed by atoms with Crippen molar-refractivity contribution in [2.45, 2.75) is 6.04 Å². The molecule has 1 aromatic heterocycles. The van der Waals surface area contributed by atoms with Gasteiger partial charge in [-0.1, -0.05) is 22.0 Å². The zero-order valence-electron chi connectivity index (χ0n) is 8.53. The predicted octanol–water partition coefficient (Wildman–Crippen LogP) is 4.09. The fraction of sp³-hybridized carbons (Fsp3) is 0.167. The fourth-order valence-electron chi connectivity index (χ4n) is 1.90. The van der Waals surface area contributed by atoms with E-state index >= 15 is 0 Å². The van der Waals surface area contributed by atoms with Gasteiger partial charge in [0.15, 0.2) is 0 Å². The molecule has 1 aromatic carbocycles. The standard InChI is InChI=1S/C12H11BrN2S/c13-8-3-4-9-10(6-8)14-7-11(15-9)12-2-1-5-16-12/h1-6,11,14-15H,7H2. The maximum atomic E-state index is 3.55. The Morgan fingerprint density at radius 3 is 3.00 bits per heavy atom. The van der Waals surface area contributed by atoms with Crippen molar-refractivity contribution >= 4 is 38.6 Å².